The van der Waals surface area contributed by atoms with Crippen LogP contribution in [-0.2, 0) is 7.05 Å². The average Bonchev–Trinajstić information content (AvgIpc) is 3.82. The molecule has 0 fully saturated rings. The van der Waals surface area contributed by atoms with E-state index in [-0.39, 0.29) is 0 Å². The maximum Gasteiger partial charge on any atom is 0.864 e. The van der Waals surface area contributed by atoms with Crippen molar-refractivity contribution in [2.75, 3.05) is 0 Å². The predicted octanol–water partition coefficient (Wildman–Crippen LogP) is 15.0. The SMILES string of the molecule is Cn1ccnc1.c1ccc2cc3c(ccc4cccc(OB(Oc5cccc6ccc7cc8ccccc8cc7c56)Oc5cccc6ccc7cc8ccccc8cc7c56)c43)cc2c1. The predicted molar refractivity (Wildman–Crippen MR) is 268 cm³/mol. The number of benzene rings is 12. The number of aryl methyl sites for hydroxylation is 1. The Hall–Kier alpha value is -8.35. The van der Waals surface area contributed by atoms with E-state index in [2.05, 4.69) is 169 Å². The maximum absolute atomic E-state index is 7.07. The summed E-state index contributed by atoms with van der Waals surface area (Å²) in [5.74, 6) is 2.03. The lowest BCUT2D eigenvalue weighted by molar-refractivity contribution is 0.312. The van der Waals surface area contributed by atoms with Crippen LogP contribution >= 0.6 is 0 Å². The van der Waals surface area contributed by atoms with Gasteiger partial charge < -0.3 is 18.5 Å². The molecule has 0 atom stereocenters. The quantitative estimate of drug-likeness (QED) is 0.0952. The van der Waals surface area contributed by atoms with E-state index >= 15 is 0 Å². The van der Waals surface area contributed by atoms with Gasteiger partial charge in [-0.3, -0.25) is 0 Å². The molecule has 1 aromatic heterocycles. The van der Waals surface area contributed by atoms with Crippen LogP contribution in [0.3, 0.4) is 0 Å². The Kier molecular flexibility index (Phi) is 9.08. The topological polar surface area (TPSA) is 45.5 Å². The number of rotatable bonds is 6. The fraction of sp³-hybridized carbons (Fsp3) is 0.0172. The van der Waals surface area contributed by atoms with Crippen molar-refractivity contribution in [1.29, 1.82) is 0 Å². The monoisotopic (exact) mass is 822 g/mol. The van der Waals surface area contributed by atoms with E-state index in [1.54, 1.807) is 12.5 Å². The summed E-state index contributed by atoms with van der Waals surface area (Å²) in [6.07, 6.45) is 5.39. The van der Waals surface area contributed by atoms with Crippen molar-refractivity contribution in [1.82, 2.24) is 9.55 Å². The van der Waals surface area contributed by atoms with Gasteiger partial charge >= 0.3 is 7.32 Å². The zero-order chi connectivity index (χ0) is 42.6. The van der Waals surface area contributed by atoms with Crippen LogP contribution in [-0.4, -0.2) is 16.9 Å². The Balaban J connectivity index is 0.000000669. The van der Waals surface area contributed by atoms with Gasteiger partial charge in [-0.25, -0.2) is 4.98 Å². The van der Waals surface area contributed by atoms with E-state index in [4.69, 9.17) is 14.0 Å². The second kappa shape index (κ2) is 15.5. The highest BCUT2D eigenvalue weighted by molar-refractivity contribution is 6.41. The third-order valence-corrected chi connectivity index (χ3v) is 12.4. The largest absolute Gasteiger partial charge is 0.864 e. The third kappa shape index (κ3) is 6.73. The Bertz CT molecular complexity index is 3540. The summed E-state index contributed by atoms with van der Waals surface area (Å²) in [7, 11) is 0.774. The molecule has 0 unspecified atom stereocenters. The lowest BCUT2D eigenvalue weighted by Crippen LogP contribution is -2.37. The van der Waals surface area contributed by atoms with E-state index in [0.29, 0.717) is 17.2 Å². The van der Waals surface area contributed by atoms with Gasteiger partial charge in [0.25, 0.3) is 0 Å². The molecule has 0 bridgehead atoms. The van der Waals surface area contributed by atoms with Crippen molar-refractivity contribution in [2.24, 2.45) is 7.05 Å². The number of fused-ring (bicyclic) bond motifs is 12. The highest BCUT2D eigenvalue weighted by atomic mass is 16.7. The minimum absolute atomic E-state index is 0.676. The molecule has 1 heterocycles. The van der Waals surface area contributed by atoms with Gasteiger partial charge in [0.15, 0.2) is 0 Å². The first-order valence-electron chi connectivity index (χ1n) is 21.5. The van der Waals surface area contributed by atoms with Crippen LogP contribution in [0.15, 0.2) is 219 Å². The normalized spacial score (nSPS) is 11.5. The van der Waals surface area contributed by atoms with Gasteiger partial charge in [-0.15, -0.1) is 0 Å². The molecule has 0 amide bonds. The maximum atomic E-state index is 7.07. The van der Waals surface area contributed by atoms with Crippen LogP contribution < -0.4 is 14.0 Å². The van der Waals surface area contributed by atoms with E-state index in [0.717, 1.165) is 64.6 Å². The van der Waals surface area contributed by atoms with Gasteiger partial charge in [0.1, 0.15) is 17.2 Å². The Morgan fingerprint density at radius 2 is 0.656 bits per heavy atom. The van der Waals surface area contributed by atoms with Crippen molar-refractivity contribution >= 4 is 104 Å². The number of imidazole rings is 1. The molecule has 0 aliphatic carbocycles. The molecule has 0 aliphatic rings. The summed E-state index contributed by atoms with van der Waals surface area (Å²) >= 11 is 0. The minimum Gasteiger partial charge on any atom is -0.489 e. The zero-order valence-corrected chi connectivity index (χ0v) is 35.0. The van der Waals surface area contributed by atoms with Crippen LogP contribution in [0.4, 0.5) is 0 Å². The van der Waals surface area contributed by atoms with Crippen molar-refractivity contribution in [3.05, 3.63) is 219 Å². The number of nitrogens with zero attached hydrogens (tertiary/aromatic N) is 2. The summed E-state index contributed by atoms with van der Waals surface area (Å²) in [4.78, 5) is 3.78. The van der Waals surface area contributed by atoms with Crippen LogP contribution in [0.25, 0.3) is 97.0 Å². The molecule has 0 aliphatic heterocycles. The lowest BCUT2D eigenvalue weighted by Gasteiger charge is -2.21. The standard InChI is InChI=1S/C54H33BO3.C4H6N2/c1-4-13-40-31-46-43(28-37(40)10-1)25-22-34-16-7-19-49(52(34)46)56-55(57-50-20-8-17-35-23-26-44-29-38-11-2-5-14-41(38)32-47(44)53(35)50)58-51-21-9-18-36-24-27-45-30-39-12-3-6-15-42(39)33-48(45)54(36)51;1-6-3-2-5-4-6/h1-33H;2-4H,1H3. The first-order valence-corrected chi connectivity index (χ1v) is 21.5. The highest BCUT2D eigenvalue weighted by Crippen LogP contribution is 2.40. The third-order valence-electron chi connectivity index (χ3n) is 12.4. The van der Waals surface area contributed by atoms with Crippen molar-refractivity contribution in [2.45, 2.75) is 0 Å². The molecular weight excluding hydrogens is 783 g/mol. The first-order chi connectivity index (χ1) is 31.6. The summed E-state index contributed by atoms with van der Waals surface area (Å²) < 4.78 is 23.1. The Labute approximate surface area is 369 Å². The van der Waals surface area contributed by atoms with Gasteiger partial charge in [0.05, 0.1) is 6.33 Å². The van der Waals surface area contributed by atoms with E-state index in [1.165, 1.54) is 32.3 Å². The molecule has 302 valence electrons. The average molecular weight is 823 g/mol. The lowest BCUT2D eigenvalue weighted by atomic mass is 9.96. The van der Waals surface area contributed by atoms with Gasteiger partial charge in [0, 0.05) is 35.6 Å². The summed E-state index contributed by atoms with van der Waals surface area (Å²) in [6.45, 7) is 0. The molecule has 0 radical (unpaired) electrons. The fourth-order valence-electron chi connectivity index (χ4n) is 9.30. The second-order valence-electron chi connectivity index (χ2n) is 16.4. The molecule has 12 aromatic carbocycles. The minimum atomic E-state index is -1.16. The number of hydrogen-bond donors (Lipinski definition) is 0. The van der Waals surface area contributed by atoms with Gasteiger partial charge in [-0.2, -0.15) is 0 Å². The molecule has 0 N–H and O–H groups in total. The molecule has 0 saturated carbocycles. The molecule has 6 heteroatoms. The molecule has 13 aromatic rings. The molecule has 13 rings (SSSR count). The van der Waals surface area contributed by atoms with E-state index < -0.39 is 7.32 Å². The summed E-state index contributed by atoms with van der Waals surface area (Å²) in [5, 5.41) is 20.1. The second-order valence-corrected chi connectivity index (χ2v) is 16.4. The first kappa shape index (κ1) is 37.4. The van der Waals surface area contributed by atoms with Crippen molar-refractivity contribution in [3.8, 4) is 17.2 Å². The molecular formula is C58H39BN2O3. The highest BCUT2D eigenvalue weighted by Gasteiger charge is 2.33. The van der Waals surface area contributed by atoms with Gasteiger partial charge in [-0.05, 0) is 135 Å². The molecule has 64 heavy (non-hydrogen) atoms. The van der Waals surface area contributed by atoms with Crippen LogP contribution in [0, 0.1) is 0 Å². The van der Waals surface area contributed by atoms with E-state index in [1.807, 2.05) is 54.2 Å². The van der Waals surface area contributed by atoms with Crippen LogP contribution in [0.2, 0.25) is 0 Å². The van der Waals surface area contributed by atoms with E-state index in [9.17, 15) is 0 Å². The number of hydrogen-bond acceptors (Lipinski definition) is 4. The van der Waals surface area contributed by atoms with Gasteiger partial charge in [0.2, 0.25) is 0 Å². The molecule has 5 nitrogen and oxygen atoms in total. The zero-order valence-electron chi connectivity index (χ0n) is 35.0. The summed E-state index contributed by atoms with van der Waals surface area (Å²) in [6, 6.07) is 70.6. The Morgan fingerprint density at radius 1 is 0.344 bits per heavy atom. The van der Waals surface area contributed by atoms with Crippen molar-refractivity contribution < 1.29 is 14.0 Å². The van der Waals surface area contributed by atoms with Crippen LogP contribution in [0.5, 0.6) is 17.2 Å². The smallest absolute Gasteiger partial charge is 0.489 e. The fourth-order valence-corrected chi connectivity index (χ4v) is 9.30. The number of aromatic nitrogens is 2. The van der Waals surface area contributed by atoms with Crippen molar-refractivity contribution in [3.63, 3.8) is 0 Å². The van der Waals surface area contributed by atoms with Gasteiger partial charge in [-0.1, -0.05) is 146 Å². The van der Waals surface area contributed by atoms with Crippen LogP contribution in [0.1, 0.15) is 0 Å². The summed E-state index contributed by atoms with van der Waals surface area (Å²) in [5.41, 5.74) is 0. The Morgan fingerprint density at radius 3 is 0.953 bits per heavy atom. The molecule has 0 saturated heterocycles. The molecule has 0 spiro atoms.